The number of nitrogens with zero attached hydrogens (tertiary/aromatic N) is 1. The van der Waals surface area contributed by atoms with E-state index in [4.69, 9.17) is 10.5 Å². The number of benzene rings is 1. The average molecular weight is 276 g/mol. The third-order valence-corrected chi connectivity index (χ3v) is 3.88. The second-order valence-electron chi connectivity index (χ2n) is 5.30. The molecule has 0 aromatic heterocycles. The van der Waals surface area contributed by atoms with Crippen LogP contribution in [-0.4, -0.2) is 25.6 Å². The first kappa shape index (κ1) is 14.9. The van der Waals surface area contributed by atoms with Crippen LogP contribution >= 0.6 is 0 Å². The fraction of sp³-hybridized carbons (Fsp3) is 0.562. The van der Waals surface area contributed by atoms with E-state index in [0.717, 1.165) is 37.2 Å². The number of amides is 1. The third-order valence-electron chi connectivity index (χ3n) is 3.88. The summed E-state index contributed by atoms with van der Waals surface area (Å²) in [5.41, 5.74) is 7.85. The van der Waals surface area contributed by atoms with Crippen molar-refractivity contribution in [3.63, 3.8) is 0 Å². The van der Waals surface area contributed by atoms with Gasteiger partial charge in [0.15, 0.2) is 0 Å². The highest BCUT2D eigenvalue weighted by Gasteiger charge is 2.26. The monoisotopic (exact) mass is 276 g/mol. The normalized spacial score (nSPS) is 18.4. The number of para-hydroxylation sites is 1. The van der Waals surface area contributed by atoms with Crippen LogP contribution in [0.5, 0.6) is 5.75 Å². The van der Waals surface area contributed by atoms with Crippen LogP contribution in [0.3, 0.4) is 0 Å². The minimum atomic E-state index is 0.0757. The highest BCUT2D eigenvalue weighted by atomic mass is 16.5. The van der Waals surface area contributed by atoms with Crippen LogP contribution in [0.1, 0.15) is 32.3 Å². The molecule has 2 rings (SSSR count). The molecule has 1 aromatic rings. The Kier molecular flexibility index (Phi) is 5.01. The Hall–Kier alpha value is -1.55. The van der Waals surface area contributed by atoms with Crippen molar-refractivity contribution in [3.8, 4) is 5.75 Å². The lowest BCUT2D eigenvalue weighted by molar-refractivity contribution is -0.116. The predicted octanol–water partition coefficient (Wildman–Crippen LogP) is 2.35. The van der Waals surface area contributed by atoms with Gasteiger partial charge < -0.3 is 15.4 Å². The zero-order valence-electron chi connectivity index (χ0n) is 12.4. The van der Waals surface area contributed by atoms with Crippen LogP contribution in [0.15, 0.2) is 18.2 Å². The number of anilines is 1. The zero-order valence-corrected chi connectivity index (χ0v) is 12.4. The van der Waals surface area contributed by atoms with E-state index in [2.05, 4.69) is 6.07 Å². The Labute approximate surface area is 120 Å². The molecule has 1 heterocycles. The Bertz CT molecular complexity index is 474. The van der Waals surface area contributed by atoms with Gasteiger partial charge in [-0.3, -0.25) is 4.79 Å². The van der Waals surface area contributed by atoms with Gasteiger partial charge in [0.1, 0.15) is 5.75 Å². The number of rotatable bonds is 4. The molecule has 20 heavy (non-hydrogen) atoms. The van der Waals surface area contributed by atoms with Gasteiger partial charge in [0.2, 0.25) is 5.91 Å². The summed E-state index contributed by atoms with van der Waals surface area (Å²) < 4.78 is 5.72. The van der Waals surface area contributed by atoms with Crippen LogP contribution in [-0.2, 0) is 11.2 Å². The lowest BCUT2D eigenvalue weighted by Gasteiger charge is -2.24. The van der Waals surface area contributed by atoms with E-state index in [1.54, 1.807) is 6.92 Å². The molecule has 0 radical (unpaired) electrons. The highest BCUT2D eigenvalue weighted by molar-refractivity contribution is 5.94. The minimum Gasteiger partial charge on any atom is -0.492 e. The number of hydrogen-bond donors (Lipinski definition) is 1. The molecule has 0 fully saturated rings. The van der Waals surface area contributed by atoms with Gasteiger partial charge >= 0.3 is 0 Å². The molecule has 1 aliphatic rings. The number of carbonyl (C=O) groups excluding carboxylic acids is 1. The summed E-state index contributed by atoms with van der Waals surface area (Å²) in [6, 6.07) is 6.05. The van der Waals surface area contributed by atoms with Crippen LogP contribution in [0.2, 0.25) is 0 Å². The largest absolute Gasteiger partial charge is 0.492 e. The van der Waals surface area contributed by atoms with Crippen LogP contribution in [0.4, 0.5) is 5.69 Å². The van der Waals surface area contributed by atoms with Crippen LogP contribution in [0.25, 0.3) is 0 Å². The topological polar surface area (TPSA) is 55.6 Å². The Morgan fingerprint density at radius 3 is 2.95 bits per heavy atom. The van der Waals surface area contributed by atoms with E-state index in [0.29, 0.717) is 19.1 Å². The molecule has 0 spiro atoms. The maximum absolute atomic E-state index is 12.0. The van der Waals surface area contributed by atoms with Crippen LogP contribution in [0, 0.1) is 5.92 Å². The Morgan fingerprint density at radius 1 is 1.50 bits per heavy atom. The van der Waals surface area contributed by atoms with Crippen molar-refractivity contribution in [3.05, 3.63) is 23.8 Å². The molecule has 110 valence electrons. The summed E-state index contributed by atoms with van der Waals surface area (Å²) in [6.45, 7) is 5.64. The fourth-order valence-corrected chi connectivity index (χ4v) is 2.94. The van der Waals surface area contributed by atoms with Crippen molar-refractivity contribution in [1.82, 2.24) is 0 Å². The van der Waals surface area contributed by atoms with Gasteiger partial charge in [-0.15, -0.1) is 0 Å². The van der Waals surface area contributed by atoms with Crippen molar-refractivity contribution in [2.45, 2.75) is 33.1 Å². The molecule has 2 N–H and O–H groups in total. The predicted molar refractivity (Wildman–Crippen MR) is 81.1 cm³/mol. The molecule has 0 aliphatic carbocycles. The van der Waals surface area contributed by atoms with Crippen molar-refractivity contribution in [1.29, 1.82) is 0 Å². The minimum absolute atomic E-state index is 0.0757. The fourth-order valence-electron chi connectivity index (χ4n) is 2.94. The smallest absolute Gasteiger partial charge is 0.223 e. The molecule has 0 saturated carbocycles. The van der Waals surface area contributed by atoms with Gasteiger partial charge in [-0.05, 0) is 50.3 Å². The summed E-state index contributed by atoms with van der Waals surface area (Å²) in [6.07, 6.45) is 2.97. The Balaban J connectivity index is 2.41. The summed E-state index contributed by atoms with van der Waals surface area (Å²) in [5, 5.41) is 0. The van der Waals surface area contributed by atoms with Crippen molar-refractivity contribution in [2.75, 3.05) is 24.6 Å². The first-order chi connectivity index (χ1) is 9.67. The molecule has 1 aliphatic heterocycles. The van der Waals surface area contributed by atoms with Gasteiger partial charge in [0, 0.05) is 13.5 Å². The quantitative estimate of drug-likeness (QED) is 0.918. The molecular formula is C16H24N2O2. The maximum atomic E-state index is 12.0. The van der Waals surface area contributed by atoms with Crippen molar-refractivity contribution >= 4 is 11.6 Å². The molecule has 4 nitrogen and oxygen atoms in total. The first-order valence-electron chi connectivity index (χ1n) is 7.40. The summed E-state index contributed by atoms with van der Waals surface area (Å²) in [4.78, 5) is 13.8. The number of hydrogen-bond acceptors (Lipinski definition) is 3. The van der Waals surface area contributed by atoms with Gasteiger partial charge in [-0.1, -0.05) is 12.1 Å². The standard InChI is InChI=1S/C16H24N2O2/c1-3-20-15-6-4-5-14-11-13(7-9-17)8-10-18(12(2)19)16(14)15/h4-6,13H,3,7-11,17H2,1-2H3. The van der Waals surface area contributed by atoms with E-state index < -0.39 is 0 Å². The van der Waals surface area contributed by atoms with E-state index in [1.165, 1.54) is 5.56 Å². The van der Waals surface area contributed by atoms with Gasteiger partial charge in [0.25, 0.3) is 0 Å². The molecule has 4 heteroatoms. The van der Waals surface area contributed by atoms with Crippen molar-refractivity contribution < 1.29 is 9.53 Å². The van der Waals surface area contributed by atoms with Gasteiger partial charge in [-0.2, -0.15) is 0 Å². The van der Waals surface area contributed by atoms with E-state index in [9.17, 15) is 4.79 Å². The lowest BCUT2D eigenvalue weighted by Crippen LogP contribution is -2.30. The average Bonchev–Trinajstić information content (AvgIpc) is 2.59. The SMILES string of the molecule is CCOc1cccc2c1N(C(C)=O)CCC(CCN)C2. The maximum Gasteiger partial charge on any atom is 0.223 e. The highest BCUT2D eigenvalue weighted by Crippen LogP contribution is 2.37. The summed E-state index contributed by atoms with van der Waals surface area (Å²) >= 11 is 0. The number of nitrogens with two attached hydrogens (primary N) is 1. The summed E-state index contributed by atoms with van der Waals surface area (Å²) in [5.74, 6) is 1.43. The molecule has 1 amide bonds. The third kappa shape index (κ3) is 3.12. The van der Waals surface area contributed by atoms with Crippen LogP contribution < -0.4 is 15.4 Å². The molecule has 1 unspecified atom stereocenters. The molecule has 0 saturated heterocycles. The number of fused-ring (bicyclic) bond motifs is 1. The second-order valence-corrected chi connectivity index (χ2v) is 5.30. The molecule has 1 atom stereocenters. The van der Waals surface area contributed by atoms with E-state index >= 15 is 0 Å². The lowest BCUT2D eigenvalue weighted by atomic mass is 9.94. The zero-order chi connectivity index (χ0) is 14.5. The van der Waals surface area contributed by atoms with Crippen molar-refractivity contribution in [2.24, 2.45) is 11.7 Å². The number of ether oxygens (including phenoxy) is 1. The molecule has 1 aromatic carbocycles. The molecular weight excluding hydrogens is 252 g/mol. The van der Waals surface area contributed by atoms with Gasteiger partial charge in [0.05, 0.1) is 12.3 Å². The second kappa shape index (κ2) is 6.75. The van der Waals surface area contributed by atoms with E-state index in [-0.39, 0.29) is 5.91 Å². The summed E-state index contributed by atoms with van der Waals surface area (Å²) in [7, 11) is 0. The van der Waals surface area contributed by atoms with Gasteiger partial charge in [-0.25, -0.2) is 0 Å². The number of carbonyl (C=O) groups is 1. The van der Waals surface area contributed by atoms with E-state index in [1.807, 2.05) is 24.0 Å². The first-order valence-corrected chi connectivity index (χ1v) is 7.40. The molecule has 0 bridgehead atoms. The Morgan fingerprint density at radius 2 is 2.30 bits per heavy atom.